The zero-order valence-electron chi connectivity index (χ0n) is 12.5. The van der Waals surface area contributed by atoms with Gasteiger partial charge in [-0.2, -0.15) is 5.10 Å². The Bertz CT molecular complexity index is 686. The number of H-pyrrole nitrogens is 1. The van der Waals surface area contributed by atoms with Crippen LogP contribution in [-0.4, -0.2) is 46.7 Å². The number of amides is 1. The first-order chi connectivity index (χ1) is 10.6. The van der Waals surface area contributed by atoms with E-state index >= 15 is 0 Å². The van der Waals surface area contributed by atoms with Crippen LogP contribution in [0.5, 0.6) is 0 Å². The van der Waals surface area contributed by atoms with Gasteiger partial charge >= 0.3 is 0 Å². The zero-order chi connectivity index (χ0) is 15.7. The highest BCUT2D eigenvalue weighted by atomic mass is 35.5. The smallest absolute Gasteiger partial charge is 0.257 e. The lowest BCUT2D eigenvalue weighted by Gasteiger charge is -2.31. The van der Waals surface area contributed by atoms with Gasteiger partial charge in [-0.05, 0) is 19.1 Å². The summed E-state index contributed by atoms with van der Waals surface area (Å²) < 4.78 is 27.9. The standard InChI is InChI=1S/C15H16F2N4O.ClH/c1-9-8-21(6-5-18-9)15(22)10-7-19-20-14(10)13-11(16)3-2-4-12(13)17;/h2-4,7,9,18H,5-6,8H2,1H3,(H,19,20);1H/t9-;/m1./s1. The molecule has 1 atom stereocenters. The Morgan fingerprint density at radius 2 is 2.04 bits per heavy atom. The van der Waals surface area contributed by atoms with Gasteiger partial charge in [0.05, 0.1) is 23.0 Å². The van der Waals surface area contributed by atoms with Gasteiger partial charge in [0.2, 0.25) is 0 Å². The molecule has 0 unspecified atom stereocenters. The van der Waals surface area contributed by atoms with Crippen LogP contribution in [0.1, 0.15) is 17.3 Å². The Labute approximate surface area is 138 Å². The van der Waals surface area contributed by atoms with E-state index in [9.17, 15) is 13.6 Å². The molecule has 8 heteroatoms. The molecular weight excluding hydrogens is 326 g/mol. The van der Waals surface area contributed by atoms with Crippen LogP contribution in [0.15, 0.2) is 24.4 Å². The van der Waals surface area contributed by atoms with Gasteiger partial charge in [0.1, 0.15) is 11.6 Å². The first-order valence-electron chi connectivity index (χ1n) is 7.08. The van der Waals surface area contributed by atoms with Crippen molar-refractivity contribution in [3.05, 3.63) is 41.6 Å². The van der Waals surface area contributed by atoms with Gasteiger partial charge in [-0.3, -0.25) is 9.89 Å². The van der Waals surface area contributed by atoms with Crippen LogP contribution in [0, 0.1) is 11.6 Å². The van der Waals surface area contributed by atoms with Gasteiger partial charge in [0, 0.05) is 25.7 Å². The summed E-state index contributed by atoms with van der Waals surface area (Å²) in [6, 6.07) is 3.77. The summed E-state index contributed by atoms with van der Waals surface area (Å²) in [5, 5.41) is 9.58. The van der Waals surface area contributed by atoms with Gasteiger partial charge in [0.25, 0.3) is 5.91 Å². The lowest BCUT2D eigenvalue weighted by atomic mass is 10.1. The fourth-order valence-corrected chi connectivity index (χ4v) is 2.66. The molecule has 1 amide bonds. The fourth-order valence-electron chi connectivity index (χ4n) is 2.66. The van der Waals surface area contributed by atoms with E-state index in [-0.39, 0.29) is 41.2 Å². The number of hydrogen-bond donors (Lipinski definition) is 2. The number of aromatic nitrogens is 2. The summed E-state index contributed by atoms with van der Waals surface area (Å²) in [6.45, 7) is 3.76. The highest BCUT2D eigenvalue weighted by Gasteiger charge is 2.27. The van der Waals surface area contributed by atoms with Crippen molar-refractivity contribution >= 4 is 18.3 Å². The third-order valence-electron chi connectivity index (χ3n) is 3.74. The zero-order valence-corrected chi connectivity index (χ0v) is 13.3. The van der Waals surface area contributed by atoms with E-state index < -0.39 is 11.6 Å². The van der Waals surface area contributed by atoms with Gasteiger partial charge in [-0.1, -0.05) is 6.07 Å². The van der Waals surface area contributed by atoms with Crippen molar-refractivity contribution in [1.29, 1.82) is 0 Å². The number of carbonyl (C=O) groups excluding carboxylic acids is 1. The summed E-state index contributed by atoms with van der Waals surface area (Å²) in [5.74, 6) is -1.74. The number of benzene rings is 1. The minimum Gasteiger partial charge on any atom is -0.336 e. The van der Waals surface area contributed by atoms with Crippen molar-refractivity contribution in [2.24, 2.45) is 0 Å². The van der Waals surface area contributed by atoms with Crippen LogP contribution in [0.25, 0.3) is 11.3 Å². The minimum absolute atomic E-state index is 0. The molecule has 3 rings (SSSR count). The molecule has 124 valence electrons. The topological polar surface area (TPSA) is 61.0 Å². The molecule has 2 N–H and O–H groups in total. The highest BCUT2D eigenvalue weighted by Crippen LogP contribution is 2.28. The van der Waals surface area contributed by atoms with E-state index in [0.717, 1.165) is 12.1 Å². The second-order valence-electron chi connectivity index (χ2n) is 5.36. The molecule has 1 aliphatic heterocycles. The van der Waals surface area contributed by atoms with E-state index in [1.54, 1.807) is 4.90 Å². The Hall–Kier alpha value is -1.99. The van der Waals surface area contributed by atoms with Gasteiger partial charge in [-0.25, -0.2) is 8.78 Å². The molecule has 0 saturated carbocycles. The average molecular weight is 343 g/mol. The molecule has 1 saturated heterocycles. The normalized spacial score (nSPS) is 17.7. The Kier molecular flexibility index (Phi) is 5.33. The summed E-state index contributed by atoms with van der Waals surface area (Å²) in [5.41, 5.74) is -0.00332. The number of nitrogens with zero attached hydrogens (tertiary/aromatic N) is 2. The lowest BCUT2D eigenvalue weighted by Crippen LogP contribution is -2.51. The number of piperazine rings is 1. The molecule has 0 radical (unpaired) electrons. The summed E-state index contributed by atoms with van der Waals surface area (Å²) in [6.07, 6.45) is 1.32. The van der Waals surface area contributed by atoms with Crippen molar-refractivity contribution < 1.29 is 13.6 Å². The Morgan fingerprint density at radius 3 is 2.70 bits per heavy atom. The molecule has 0 spiro atoms. The molecule has 1 fully saturated rings. The van der Waals surface area contributed by atoms with Crippen molar-refractivity contribution in [3.63, 3.8) is 0 Å². The Balaban J connectivity index is 0.00000192. The molecule has 0 aliphatic carbocycles. The van der Waals surface area contributed by atoms with Crippen LogP contribution in [0.3, 0.4) is 0 Å². The molecule has 1 aliphatic rings. The summed E-state index contributed by atoms with van der Waals surface area (Å²) in [7, 11) is 0. The van der Waals surface area contributed by atoms with E-state index in [4.69, 9.17) is 0 Å². The SMILES string of the molecule is C[C@@H]1CN(C(=O)c2cn[nH]c2-c2c(F)cccc2F)CCN1.Cl. The van der Waals surface area contributed by atoms with Gasteiger partial charge in [-0.15, -0.1) is 12.4 Å². The number of aromatic amines is 1. The Morgan fingerprint density at radius 1 is 1.35 bits per heavy atom. The van der Waals surface area contributed by atoms with E-state index in [0.29, 0.717) is 19.6 Å². The number of hydrogen-bond acceptors (Lipinski definition) is 3. The summed E-state index contributed by atoms with van der Waals surface area (Å²) in [4.78, 5) is 14.3. The maximum Gasteiger partial charge on any atom is 0.257 e. The monoisotopic (exact) mass is 342 g/mol. The summed E-state index contributed by atoms with van der Waals surface area (Å²) >= 11 is 0. The highest BCUT2D eigenvalue weighted by molar-refractivity contribution is 6.00. The largest absolute Gasteiger partial charge is 0.336 e. The number of carbonyl (C=O) groups is 1. The maximum atomic E-state index is 13.9. The van der Waals surface area contributed by atoms with Crippen LogP contribution in [0.2, 0.25) is 0 Å². The van der Waals surface area contributed by atoms with E-state index in [2.05, 4.69) is 15.5 Å². The third kappa shape index (κ3) is 3.35. The molecule has 1 aromatic carbocycles. The van der Waals surface area contributed by atoms with Crippen LogP contribution < -0.4 is 5.32 Å². The van der Waals surface area contributed by atoms with Crippen LogP contribution in [-0.2, 0) is 0 Å². The molecular formula is C15H17ClF2N4O. The van der Waals surface area contributed by atoms with Crippen molar-refractivity contribution in [2.45, 2.75) is 13.0 Å². The molecule has 5 nitrogen and oxygen atoms in total. The fraction of sp³-hybridized carbons (Fsp3) is 0.333. The number of rotatable bonds is 2. The van der Waals surface area contributed by atoms with Gasteiger partial charge < -0.3 is 10.2 Å². The molecule has 2 aromatic rings. The molecule has 1 aromatic heterocycles. The molecule has 2 heterocycles. The second-order valence-corrected chi connectivity index (χ2v) is 5.36. The van der Waals surface area contributed by atoms with E-state index in [1.165, 1.54) is 12.3 Å². The number of nitrogens with one attached hydrogen (secondary N) is 2. The van der Waals surface area contributed by atoms with E-state index in [1.807, 2.05) is 6.92 Å². The molecule has 0 bridgehead atoms. The van der Waals surface area contributed by atoms with Crippen molar-refractivity contribution in [2.75, 3.05) is 19.6 Å². The lowest BCUT2D eigenvalue weighted by molar-refractivity contribution is 0.0710. The van der Waals surface area contributed by atoms with Crippen LogP contribution in [0.4, 0.5) is 8.78 Å². The van der Waals surface area contributed by atoms with Gasteiger partial charge in [0.15, 0.2) is 0 Å². The van der Waals surface area contributed by atoms with Crippen molar-refractivity contribution in [3.8, 4) is 11.3 Å². The van der Waals surface area contributed by atoms with Crippen molar-refractivity contribution in [1.82, 2.24) is 20.4 Å². The second kappa shape index (κ2) is 7.06. The molecule has 23 heavy (non-hydrogen) atoms. The third-order valence-corrected chi connectivity index (χ3v) is 3.74. The maximum absolute atomic E-state index is 13.9. The predicted molar refractivity (Wildman–Crippen MR) is 84.6 cm³/mol. The predicted octanol–water partition coefficient (Wildman–Crippen LogP) is 2.21. The first kappa shape index (κ1) is 17.4. The first-order valence-corrected chi connectivity index (χ1v) is 7.08. The number of halogens is 3. The van der Waals surface area contributed by atoms with Crippen LogP contribution >= 0.6 is 12.4 Å². The quantitative estimate of drug-likeness (QED) is 0.879. The minimum atomic E-state index is -0.730. The average Bonchev–Trinajstić information content (AvgIpc) is 2.95.